The van der Waals surface area contributed by atoms with E-state index in [4.69, 9.17) is 0 Å². The molecule has 0 amide bonds. The van der Waals surface area contributed by atoms with Gasteiger partial charge in [0.25, 0.3) is 0 Å². The molecule has 0 saturated carbocycles. The van der Waals surface area contributed by atoms with Gasteiger partial charge in [-0.2, -0.15) is 0 Å². The Kier molecular flexibility index (Phi) is 6.22. The van der Waals surface area contributed by atoms with Crippen LogP contribution in [0.15, 0.2) is 89.8 Å². The van der Waals surface area contributed by atoms with Crippen molar-refractivity contribution in [3.63, 3.8) is 0 Å². The first-order valence-corrected chi connectivity index (χ1v) is 10.4. The van der Waals surface area contributed by atoms with Gasteiger partial charge >= 0.3 is 0 Å². The zero-order valence-corrected chi connectivity index (χ0v) is 16.1. The van der Waals surface area contributed by atoms with Crippen LogP contribution in [0.3, 0.4) is 0 Å². The van der Waals surface area contributed by atoms with Gasteiger partial charge in [0.1, 0.15) is 0 Å². The fourth-order valence-electron chi connectivity index (χ4n) is 2.71. The molecule has 0 fully saturated rings. The molecule has 3 aromatic carbocycles. The molecule has 0 aliphatic heterocycles. The van der Waals surface area contributed by atoms with Crippen LogP contribution in [0.1, 0.15) is 17.5 Å². The first-order valence-electron chi connectivity index (χ1n) is 8.93. The largest absolute Gasteiger partial charge is 0.240 e. The van der Waals surface area contributed by atoms with Crippen molar-refractivity contribution in [1.82, 2.24) is 4.72 Å². The van der Waals surface area contributed by atoms with Gasteiger partial charge in [-0.05, 0) is 42.2 Å². The maximum absolute atomic E-state index is 12.2. The lowest BCUT2D eigenvalue weighted by Gasteiger charge is -2.05. The van der Waals surface area contributed by atoms with Crippen molar-refractivity contribution in [2.24, 2.45) is 0 Å². The molecule has 1 N–H and O–H groups in total. The second-order valence-corrected chi connectivity index (χ2v) is 8.16. The zero-order valence-electron chi connectivity index (χ0n) is 15.3. The Bertz CT molecular complexity index is 991. The predicted molar refractivity (Wildman–Crippen MR) is 112 cm³/mol. The Morgan fingerprint density at radius 3 is 2.11 bits per heavy atom. The standard InChI is InChI=1S/C23H23NO2S/c1-19-10-16-23(17-11-19)27(25,26)24-18-6-5-7-20-12-14-22(15-13-20)21-8-3-2-4-9-21/h2-5,7-17,24H,6,18H2,1H3/b7-5+. The lowest BCUT2D eigenvalue weighted by atomic mass is 10.0. The summed E-state index contributed by atoms with van der Waals surface area (Å²) in [6, 6.07) is 25.4. The molecule has 0 unspecified atom stereocenters. The Morgan fingerprint density at radius 2 is 1.44 bits per heavy atom. The van der Waals surface area contributed by atoms with E-state index in [2.05, 4.69) is 41.1 Å². The molecule has 0 saturated heterocycles. The van der Waals surface area contributed by atoms with Crippen LogP contribution in [0.4, 0.5) is 0 Å². The summed E-state index contributed by atoms with van der Waals surface area (Å²) >= 11 is 0. The molecule has 3 nitrogen and oxygen atoms in total. The predicted octanol–water partition coefficient (Wildman–Crippen LogP) is 5.04. The summed E-state index contributed by atoms with van der Waals surface area (Å²) in [4.78, 5) is 0.300. The Hall–Kier alpha value is -2.69. The van der Waals surface area contributed by atoms with Crippen LogP contribution in [0.5, 0.6) is 0 Å². The second-order valence-electron chi connectivity index (χ2n) is 6.39. The molecule has 0 spiro atoms. The zero-order chi connectivity index (χ0) is 19.1. The summed E-state index contributed by atoms with van der Waals surface area (Å²) in [5, 5.41) is 0. The summed E-state index contributed by atoms with van der Waals surface area (Å²) in [6.45, 7) is 2.30. The Balaban J connectivity index is 1.51. The van der Waals surface area contributed by atoms with E-state index in [1.54, 1.807) is 24.3 Å². The van der Waals surface area contributed by atoms with Gasteiger partial charge in [0.2, 0.25) is 10.0 Å². The summed E-state index contributed by atoms with van der Waals surface area (Å²) in [5.74, 6) is 0. The van der Waals surface area contributed by atoms with Crippen LogP contribution >= 0.6 is 0 Å². The molecule has 27 heavy (non-hydrogen) atoms. The smallest absolute Gasteiger partial charge is 0.211 e. The number of rotatable bonds is 7. The van der Waals surface area contributed by atoms with E-state index in [1.807, 2.05) is 37.3 Å². The monoisotopic (exact) mass is 377 g/mol. The van der Waals surface area contributed by atoms with E-state index in [1.165, 1.54) is 11.1 Å². The highest BCUT2D eigenvalue weighted by atomic mass is 32.2. The van der Waals surface area contributed by atoms with Crippen LogP contribution in [0.25, 0.3) is 17.2 Å². The Morgan fingerprint density at radius 1 is 0.815 bits per heavy atom. The van der Waals surface area contributed by atoms with Gasteiger partial charge in [-0.3, -0.25) is 0 Å². The summed E-state index contributed by atoms with van der Waals surface area (Å²) in [7, 11) is -3.44. The van der Waals surface area contributed by atoms with E-state index in [9.17, 15) is 8.42 Å². The number of sulfonamides is 1. The molecule has 0 aliphatic rings. The summed E-state index contributed by atoms with van der Waals surface area (Å²) in [5.41, 5.74) is 4.50. The van der Waals surface area contributed by atoms with Crippen molar-refractivity contribution < 1.29 is 8.42 Å². The highest BCUT2D eigenvalue weighted by Crippen LogP contribution is 2.19. The highest BCUT2D eigenvalue weighted by Gasteiger charge is 2.11. The van der Waals surface area contributed by atoms with Gasteiger partial charge in [0.05, 0.1) is 4.90 Å². The number of hydrogen-bond acceptors (Lipinski definition) is 2. The van der Waals surface area contributed by atoms with Gasteiger partial charge in [-0.1, -0.05) is 84.4 Å². The maximum atomic E-state index is 12.2. The van der Waals surface area contributed by atoms with Crippen LogP contribution < -0.4 is 4.72 Å². The molecular weight excluding hydrogens is 354 g/mol. The molecular formula is C23H23NO2S. The van der Waals surface area contributed by atoms with Crippen LogP contribution in [0, 0.1) is 6.92 Å². The van der Waals surface area contributed by atoms with Crippen molar-refractivity contribution in [2.45, 2.75) is 18.2 Å². The molecule has 138 valence electrons. The molecule has 4 heteroatoms. The minimum absolute atomic E-state index is 0.300. The van der Waals surface area contributed by atoms with E-state index in [0.717, 1.165) is 11.1 Å². The van der Waals surface area contributed by atoms with Gasteiger partial charge < -0.3 is 0 Å². The summed E-state index contributed by atoms with van der Waals surface area (Å²) < 4.78 is 27.1. The minimum Gasteiger partial charge on any atom is -0.211 e. The van der Waals surface area contributed by atoms with Crippen molar-refractivity contribution in [2.75, 3.05) is 6.54 Å². The average Bonchev–Trinajstić information content (AvgIpc) is 2.69. The van der Waals surface area contributed by atoms with E-state index < -0.39 is 10.0 Å². The summed E-state index contributed by atoms with van der Waals surface area (Å²) in [6.07, 6.45) is 4.62. The maximum Gasteiger partial charge on any atom is 0.240 e. The molecule has 0 aliphatic carbocycles. The number of nitrogens with one attached hydrogen (secondary N) is 1. The number of aryl methyl sites for hydroxylation is 1. The molecule has 0 bridgehead atoms. The van der Waals surface area contributed by atoms with Gasteiger partial charge in [0.15, 0.2) is 0 Å². The molecule has 3 aromatic rings. The van der Waals surface area contributed by atoms with E-state index in [-0.39, 0.29) is 0 Å². The van der Waals surface area contributed by atoms with E-state index in [0.29, 0.717) is 17.9 Å². The quantitative estimate of drug-likeness (QED) is 0.586. The first kappa shape index (κ1) is 19.1. The van der Waals surface area contributed by atoms with Crippen molar-refractivity contribution in [3.8, 4) is 11.1 Å². The molecule has 0 atom stereocenters. The molecule has 3 rings (SSSR count). The lowest BCUT2D eigenvalue weighted by molar-refractivity contribution is 0.582. The van der Waals surface area contributed by atoms with Crippen molar-refractivity contribution in [1.29, 1.82) is 0 Å². The normalized spacial score (nSPS) is 11.7. The van der Waals surface area contributed by atoms with Crippen LogP contribution in [0.2, 0.25) is 0 Å². The highest BCUT2D eigenvalue weighted by molar-refractivity contribution is 7.89. The van der Waals surface area contributed by atoms with Crippen LogP contribution in [-0.2, 0) is 10.0 Å². The molecule has 0 radical (unpaired) electrons. The third kappa shape index (κ3) is 5.39. The molecule has 0 heterocycles. The minimum atomic E-state index is -3.44. The number of hydrogen-bond donors (Lipinski definition) is 1. The second kappa shape index (κ2) is 8.80. The SMILES string of the molecule is Cc1ccc(S(=O)(=O)NCC/C=C/c2ccc(-c3ccccc3)cc2)cc1. The van der Waals surface area contributed by atoms with Crippen molar-refractivity contribution in [3.05, 3.63) is 96.1 Å². The fraction of sp³-hybridized carbons (Fsp3) is 0.130. The van der Waals surface area contributed by atoms with E-state index >= 15 is 0 Å². The van der Waals surface area contributed by atoms with Gasteiger partial charge in [0, 0.05) is 6.54 Å². The third-order valence-corrected chi connectivity index (χ3v) is 5.74. The Labute approximate surface area is 161 Å². The molecule has 0 aromatic heterocycles. The lowest BCUT2D eigenvalue weighted by Crippen LogP contribution is -2.24. The average molecular weight is 378 g/mol. The van der Waals surface area contributed by atoms with Crippen LogP contribution in [-0.4, -0.2) is 15.0 Å². The topological polar surface area (TPSA) is 46.2 Å². The van der Waals surface area contributed by atoms with Gasteiger partial charge in [-0.15, -0.1) is 0 Å². The fourth-order valence-corrected chi connectivity index (χ4v) is 3.76. The first-order chi connectivity index (χ1) is 13.0. The third-order valence-electron chi connectivity index (χ3n) is 4.26. The number of benzene rings is 3. The van der Waals surface area contributed by atoms with Gasteiger partial charge in [-0.25, -0.2) is 13.1 Å². The van der Waals surface area contributed by atoms with Crippen molar-refractivity contribution >= 4 is 16.1 Å².